The fourth-order valence-corrected chi connectivity index (χ4v) is 1.15. The van der Waals surface area contributed by atoms with E-state index < -0.39 is 0 Å². The lowest BCUT2D eigenvalue weighted by molar-refractivity contribution is 0.659. The first kappa shape index (κ1) is 7.79. The van der Waals surface area contributed by atoms with E-state index in [1.807, 2.05) is 30.3 Å². The monoisotopic (exact) mass is 175 g/mol. The van der Waals surface area contributed by atoms with Crippen molar-refractivity contribution in [2.75, 3.05) is 0 Å². The van der Waals surface area contributed by atoms with Gasteiger partial charge in [0, 0.05) is 0 Å². The molecule has 1 N–H and O–H groups in total. The van der Waals surface area contributed by atoms with E-state index in [0.717, 1.165) is 5.56 Å². The van der Waals surface area contributed by atoms with E-state index in [4.69, 9.17) is 0 Å². The molecule has 1 aromatic heterocycles. The third-order valence-corrected chi connectivity index (χ3v) is 1.79. The van der Waals surface area contributed by atoms with E-state index in [2.05, 4.69) is 10.1 Å². The highest BCUT2D eigenvalue weighted by Crippen LogP contribution is 1.98. The summed E-state index contributed by atoms with van der Waals surface area (Å²) in [4.78, 5) is 13.6. The quantitative estimate of drug-likeness (QED) is 0.727. The lowest BCUT2D eigenvalue weighted by atomic mass is 10.2. The molecule has 0 fully saturated rings. The van der Waals surface area contributed by atoms with E-state index in [0.29, 0.717) is 6.54 Å². The van der Waals surface area contributed by atoms with Crippen molar-refractivity contribution in [2.45, 2.75) is 6.54 Å². The zero-order chi connectivity index (χ0) is 9.10. The molecule has 0 bridgehead atoms. The van der Waals surface area contributed by atoms with Crippen LogP contribution < -0.4 is 5.69 Å². The normalized spacial score (nSPS) is 10.2. The molecular weight excluding hydrogens is 166 g/mol. The summed E-state index contributed by atoms with van der Waals surface area (Å²) >= 11 is 0. The summed E-state index contributed by atoms with van der Waals surface area (Å²) in [5.74, 6) is 0. The Bertz CT molecular complexity index is 429. The number of aromatic amines is 1. The van der Waals surface area contributed by atoms with Gasteiger partial charge in [0.2, 0.25) is 0 Å². The molecule has 0 aliphatic carbocycles. The number of hydrogen-bond donors (Lipinski definition) is 1. The standard InChI is InChI=1S/C9H9N3O/c13-9-10-7-11-12(9)6-8-4-2-1-3-5-8/h1-5,7H,6H2,(H,10,11,13). The van der Waals surface area contributed by atoms with E-state index >= 15 is 0 Å². The van der Waals surface area contributed by atoms with E-state index in [9.17, 15) is 4.79 Å². The minimum Gasteiger partial charge on any atom is -0.295 e. The van der Waals surface area contributed by atoms with Crippen LogP contribution in [0.15, 0.2) is 41.5 Å². The number of H-pyrrole nitrogens is 1. The second kappa shape index (κ2) is 3.26. The Morgan fingerprint density at radius 2 is 2.08 bits per heavy atom. The Hall–Kier alpha value is -1.84. The summed E-state index contributed by atoms with van der Waals surface area (Å²) in [6.45, 7) is 0.517. The van der Waals surface area contributed by atoms with Crippen LogP contribution in [-0.2, 0) is 6.54 Å². The zero-order valence-electron chi connectivity index (χ0n) is 6.97. The average molecular weight is 175 g/mol. The molecule has 4 nitrogen and oxygen atoms in total. The van der Waals surface area contributed by atoms with Crippen LogP contribution in [0.2, 0.25) is 0 Å². The van der Waals surface area contributed by atoms with E-state index in [1.165, 1.54) is 11.0 Å². The Labute approximate surface area is 74.8 Å². The van der Waals surface area contributed by atoms with Gasteiger partial charge in [-0.2, -0.15) is 5.10 Å². The molecule has 2 aromatic rings. The Balaban J connectivity index is 2.25. The van der Waals surface area contributed by atoms with Gasteiger partial charge < -0.3 is 0 Å². The minimum absolute atomic E-state index is 0.177. The largest absolute Gasteiger partial charge is 0.343 e. The highest BCUT2D eigenvalue weighted by molar-refractivity contribution is 5.14. The van der Waals surface area contributed by atoms with Crippen LogP contribution in [0.3, 0.4) is 0 Å². The molecule has 1 aromatic carbocycles. The number of rotatable bonds is 2. The van der Waals surface area contributed by atoms with Gasteiger partial charge in [-0.25, -0.2) is 9.48 Å². The molecule has 13 heavy (non-hydrogen) atoms. The fourth-order valence-electron chi connectivity index (χ4n) is 1.15. The third kappa shape index (κ3) is 1.66. The van der Waals surface area contributed by atoms with Gasteiger partial charge in [0.05, 0.1) is 6.54 Å². The number of nitrogens with one attached hydrogen (secondary N) is 1. The molecule has 0 amide bonds. The predicted molar refractivity (Wildman–Crippen MR) is 48.4 cm³/mol. The number of nitrogens with zero attached hydrogens (tertiary/aromatic N) is 2. The second-order valence-electron chi connectivity index (χ2n) is 2.74. The Kier molecular flexibility index (Phi) is 1.96. The zero-order valence-corrected chi connectivity index (χ0v) is 6.97. The molecule has 0 radical (unpaired) electrons. The van der Waals surface area contributed by atoms with Crippen molar-refractivity contribution in [3.8, 4) is 0 Å². The van der Waals surface area contributed by atoms with Gasteiger partial charge in [0.25, 0.3) is 0 Å². The molecule has 0 aliphatic rings. The molecule has 0 atom stereocenters. The summed E-state index contributed by atoms with van der Waals surface area (Å²) in [6.07, 6.45) is 1.39. The molecule has 0 aliphatic heterocycles. The van der Waals surface area contributed by atoms with Gasteiger partial charge in [-0.05, 0) is 5.56 Å². The van der Waals surface area contributed by atoms with Crippen LogP contribution in [0.4, 0.5) is 0 Å². The predicted octanol–water partition coefficient (Wildman–Crippen LogP) is 0.620. The van der Waals surface area contributed by atoms with Crippen LogP contribution in [0.5, 0.6) is 0 Å². The smallest absolute Gasteiger partial charge is 0.295 e. The van der Waals surface area contributed by atoms with Crippen LogP contribution >= 0.6 is 0 Å². The second-order valence-corrected chi connectivity index (χ2v) is 2.74. The SMILES string of the molecule is O=c1[nH]cnn1Cc1ccccc1. The summed E-state index contributed by atoms with van der Waals surface area (Å²) in [5.41, 5.74) is 0.889. The van der Waals surface area contributed by atoms with Crippen LogP contribution in [0.1, 0.15) is 5.56 Å². The van der Waals surface area contributed by atoms with Gasteiger partial charge in [0.1, 0.15) is 6.33 Å². The van der Waals surface area contributed by atoms with Crippen molar-refractivity contribution in [3.63, 3.8) is 0 Å². The molecular formula is C9H9N3O. The first-order valence-electron chi connectivity index (χ1n) is 4.01. The van der Waals surface area contributed by atoms with Crippen molar-refractivity contribution in [1.82, 2.24) is 14.8 Å². The maximum Gasteiger partial charge on any atom is 0.343 e. The minimum atomic E-state index is -0.177. The molecule has 66 valence electrons. The molecule has 0 saturated heterocycles. The van der Waals surface area contributed by atoms with Crippen LogP contribution in [0.25, 0.3) is 0 Å². The summed E-state index contributed by atoms with van der Waals surface area (Å²) < 4.78 is 1.38. The van der Waals surface area contributed by atoms with Gasteiger partial charge in [0.15, 0.2) is 0 Å². The first-order valence-corrected chi connectivity index (χ1v) is 4.01. The Morgan fingerprint density at radius 3 is 2.69 bits per heavy atom. The van der Waals surface area contributed by atoms with Gasteiger partial charge in [-0.1, -0.05) is 30.3 Å². The van der Waals surface area contributed by atoms with Crippen LogP contribution in [-0.4, -0.2) is 14.8 Å². The Morgan fingerprint density at radius 1 is 1.31 bits per heavy atom. The average Bonchev–Trinajstić information content (AvgIpc) is 2.54. The number of aromatic nitrogens is 3. The topological polar surface area (TPSA) is 50.7 Å². The number of hydrogen-bond acceptors (Lipinski definition) is 2. The van der Waals surface area contributed by atoms with E-state index in [-0.39, 0.29) is 5.69 Å². The molecule has 0 unspecified atom stereocenters. The maximum absolute atomic E-state index is 11.1. The van der Waals surface area contributed by atoms with Crippen molar-refractivity contribution >= 4 is 0 Å². The molecule has 4 heteroatoms. The molecule has 0 spiro atoms. The van der Waals surface area contributed by atoms with Crippen molar-refractivity contribution in [2.24, 2.45) is 0 Å². The van der Waals surface area contributed by atoms with Gasteiger partial charge in [-0.3, -0.25) is 4.98 Å². The first-order chi connectivity index (χ1) is 6.36. The van der Waals surface area contributed by atoms with Crippen molar-refractivity contribution in [1.29, 1.82) is 0 Å². The molecule has 0 saturated carbocycles. The number of benzene rings is 1. The molecule has 1 heterocycles. The highest BCUT2D eigenvalue weighted by Gasteiger charge is 1.97. The van der Waals surface area contributed by atoms with Crippen molar-refractivity contribution < 1.29 is 0 Å². The third-order valence-electron chi connectivity index (χ3n) is 1.79. The van der Waals surface area contributed by atoms with Gasteiger partial charge in [-0.15, -0.1) is 0 Å². The summed E-state index contributed by atoms with van der Waals surface area (Å²) in [7, 11) is 0. The van der Waals surface area contributed by atoms with Crippen molar-refractivity contribution in [3.05, 3.63) is 52.7 Å². The van der Waals surface area contributed by atoms with Gasteiger partial charge >= 0.3 is 5.69 Å². The maximum atomic E-state index is 11.1. The highest BCUT2D eigenvalue weighted by atomic mass is 16.1. The summed E-state index contributed by atoms with van der Waals surface area (Å²) in [5, 5.41) is 3.86. The van der Waals surface area contributed by atoms with Crippen LogP contribution in [0, 0.1) is 0 Å². The fraction of sp³-hybridized carbons (Fsp3) is 0.111. The summed E-state index contributed by atoms with van der Waals surface area (Å²) in [6, 6.07) is 9.74. The van der Waals surface area contributed by atoms with E-state index in [1.54, 1.807) is 0 Å². The lowest BCUT2D eigenvalue weighted by Crippen LogP contribution is -2.18. The molecule has 2 rings (SSSR count). The lowest BCUT2D eigenvalue weighted by Gasteiger charge is -1.98.